The smallest absolute Gasteiger partial charge is 0.228 e. The van der Waals surface area contributed by atoms with Gasteiger partial charge in [-0.1, -0.05) is 18.2 Å². The summed E-state index contributed by atoms with van der Waals surface area (Å²) in [5, 5.41) is 7.44. The SMILES string of the molecule is Cc1cc(S(C)(=O)=O)ccc1NC(=O)Cc1c(C)nn(-c2ccccc2)c1C. The summed E-state index contributed by atoms with van der Waals surface area (Å²) >= 11 is 0. The number of anilines is 1. The zero-order valence-electron chi connectivity index (χ0n) is 16.4. The Bertz CT molecular complexity index is 1130. The van der Waals surface area contributed by atoms with Crippen LogP contribution in [0.3, 0.4) is 0 Å². The maximum atomic E-state index is 12.6. The first-order chi connectivity index (χ1) is 13.2. The molecule has 2 aromatic carbocycles. The van der Waals surface area contributed by atoms with E-state index in [1.165, 1.54) is 6.07 Å². The van der Waals surface area contributed by atoms with Crippen LogP contribution in [0.1, 0.15) is 22.5 Å². The molecule has 3 aromatic rings. The van der Waals surface area contributed by atoms with Gasteiger partial charge in [0.1, 0.15) is 0 Å². The Kier molecular flexibility index (Phi) is 5.38. The highest BCUT2D eigenvalue weighted by Crippen LogP contribution is 2.22. The molecule has 3 rings (SSSR count). The highest BCUT2D eigenvalue weighted by Gasteiger charge is 2.17. The Morgan fingerprint density at radius 2 is 1.75 bits per heavy atom. The van der Waals surface area contributed by atoms with Crippen LogP contribution in [0.25, 0.3) is 5.69 Å². The maximum Gasteiger partial charge on any atom is 0.228 e. The van der Waals surface area contributed by atoms with Crippen LogP contribution in [0, 0.1) is 20.8 Å². The van der Waals surface area contributed by atoms with Crippen LogP contribution in [-0.4, -0.2) is 30.4 Å². The second-order valence-electron chi connectivity index (χ2n) is 6.87. The van der Waals surface area contributed by atoms with Gasteiger partial charge >= 0.3 is 0 Å². The predicted molar refractivity (Wildman–Crippen MR) is 110 cm³/mol. The van der Waals surface area contributed by atoms with E-state index in [9.17, 15) is 13.2 Å². The largest absolute Gasteiger partial charge is 0.326 e. The molecule has 1 aromatic heterocycles. The number of benzene rings is 2. The van der Waals surface area contributed by atoms with E-state index in [2.05, 4.69) is 10.4 Å². The van der Waals surface area contributed by atoms with Crippen LogP contribution in [0.5, 0.6) is 0 Å². The maximum absolute atomic E-state index is 12.6. The van der Waals surface area contributed by atoms with Crippen LogP contribution in [-0.2, 0) is 21.1 Å². The summed E-state index contributed by atoms with van der Waals surface area (Å²) in [6, 6.07) is 14.5. The van der Waals surface area contributed by atoms with Gasteiger partial charge in [-0.05, 0) is 56.7 Å². The lowest BCUT2D eigenvalue weighted by molar-refractivity contribution is -0.115. The first-order valence-electron chi connectivity index (χ1n) is 8.88. The number of sulfone groups is 1. The summed E-state index contributed by atoms with van der Waals surface area (Å²) < 4.78 is 25.2. The number of aromatic nitrogens is 2. The number of carbonyl (C=O) groups is 1. The highest BCUT2D eigenvalue weighted by molar-refractivity contribution is 7.90. The molecule has 0 aliphatic rings. The van der Waals surface area contributed by atoms with Gasteiger partial charge < -0.3 is 5.32 Å². The first-order valence-corrected chi connectivity index (χ1v) is 10.8. The number of amides is 1. The van der Waals surface area contributed by atoms with Gasteiger partial charge in [-0.25, -0.2) is 13.1 Å². The van der Waals surface area contributed by atoms with E-state index in [4.69, 9.17) is 0 Å². The molecule has 0 saturated carbocycles. The van der Waals surface area contributed by atoms with Gasteiger partial charge in [0.05, 0.1) is 22.7 Å². The Morgan fingerprint density at radius 3 is 2.36 bits per heavy atom. The molecule has 1 N–H and O–H groups in total. The third kappa shape index (κ3) is 4.14. The number of para-hydroxylation sites is 1. The van der Waals surface area contributed by atoms with Gasteiger partial charge in [-0.3, -0.25) is 4.79 Å². The second kappa shape index (κ2) is 7.59. The molecule has 1 heterocycles. The molecular formula is C21H23N3O3S. The second-order valence-corrected chi connectivity index (χ2v) is 8.89. The molecule has 6 nitrogen and oxygen atoms in total. The zero-order chi connectivity index (χ0) is 20.5. The van der Waals surface area contributed by atoms with E-state index < -0.39 is 9.84 Å². The fourth-order valence-electron chi connectivity index (χ4n) is 3.11. The molecule has 0 unspecified atom stereocenters. The monoisotopic (exact) mass is 397 g/mol. The number of nitrogens with one attached hydrogen (secondary N) is 1. The van der Waals surface area contributed by atoms with Crippen LogP contribution in [0.15, 0.2) is 53.4 Å². The average Bonchev–Trinajstić information content (AvgIpc) is 2.91. The Morgan fingerprint density at radius 1 is 1.07 bits per heavy atom. The molecule has 1 amide bonds. The summed E-state index contributed by atoms with van der Waals surface area (Å²) in [6.45, 7) is 5.61. The summed E-state index contributed by atoms with van der Waals surface area (Å²) in [4.78, 5) is 12.8. The van der Waals surface area contributed by atoms with E-state index >= 15 is 0 Å². The predicted octanol–water partition coefficient (Wildman–Crippen LogP) is 3.38. The molecule has 7 heteroatoms. The van der Waals surface area contributed by atoms with Gasteiger partial charge in [0, 0.05) is 23.2 Å². The van der Waals surface area contributed by atoms with Gasteiger partial charge in [0.25, 0.3) is 0 Å². The van der Waals surface area contributed by atoms with Crippen LogP contribution in [0.2, 0.25) is 0 Å². The van der Waals surface area contributed by atoms with Crippen LogP contribution in [0.4, 0.5) is 5.69 Å². The molecule has 28 heavy (non-hydrogen) atoms. The van der Waals surface area contributed by atoms with Crippen LogP contribution < -0.4 is 5.32 Å². The quantitative estimate of drug-likeness (QED) is 0.716. The fraction of sp³-hybridized carbons (Fsp3) is 0.238. The van der Waals surface area contributed by atoms with E-state index in [1.54, 1.807) is 19.1 Å². The molecular weight excluding hydrogens is 374 g/mol. The summed E-state index contributed by atoms with van der Waals surface area (Å²) in [7, 11) is -3.28. The number of rotatable bonds is 5. The normalized spacial score (nSPS) is 11.4. The lowest BCUT2D eigenvalue weighted by Gasteiger charge is -2.10. The molecule has 0 aliphatic carbocycles. The minimum absolute atomic E-state index is 0.172. The number of aryl methyl sites for hydroxylation is 2. The van der Waals surface area contributed by atoms with E-state index in [0.717, 1.165) is 28.9 Å². The fourth-order valence-corrected chi connectivity index (χ4v) is 3.82. The van der Waals surface area contributed by atoms with E-state index in [-0.39, 0.29) is 17.2 Å². The topological polar surface area (TPSA) is 81.1 Å². The number of hydrogen-bond donors (Lipinski definition) is 1. The number of hydrogen-bond acceptors (Lipinski definition) is 4. The molecule has 0 saturated heterocycles. The van der Waals surface area contributed by atoms with Gasteiger partial charge in [-0.2, -0.15) is 5.10 Å². The minimum Gasteiger partial charge on any atom is -0.326 e. The standard InChI is InChI=1S/C21H23N3O3S/c1-14-12-18(28(4,26)27)10-11-20(14)22-21(25)13-19-15(2)23-24(16(19)3)17-8-6-5-7-9-17/h5-12H,13H2,1-4H3,(H,22,25). The van der Waals surface area contributed by atoms with Crippen molar-refractivity contribution in [2.24, 2.45) is 0 Å². The molecule has 0 bridgehead atoms. The molecule has 0 radical (unpaired) electrons. The third-order valence-corrected chi connectivity index (χ3v) is 5.79. The highest BCUT2D eigenvalue weighted by atomic mass is 32.2. The van der Waals surface area contributed by atoms with Crippen molar-refractivity contribution in [3.05, 3.63) is 71.0 Å². The number of carbonyl (C=O) groups excluding carboxylic acids is 1. The van der Waals surface area contributed by atoms with Crippen molar-refractivity contribution in [3.8, 4) is 5.69 Å². The lowest BCUT2D eigenvalue weighted by atomic mass is 10.1. The Balaban J connectivity index is 1.80. The van der Waals surface area contributed by atoms with Crippen molar-refractivity contribution in [1.82, 2.24) is 9.78 Å². The summed E-state index contributed by atoms with van der Waals surface area (Å²) in [5.74, 6) is -0.172. The number of nitrogens with zero attached hydrogens (tertiary/aromatic N) is 2. The van der Waals surface area contributed by atoms with Crippen molar-refractivity contribution >= 4 is 21.4 Å². The third-order valence-electron chi connectivity index (χ3n) is 4.68. The van der Waals surface area contributed by atoms with Crippen molar-refractivity contribution in [1.29, 1.82) is 0 Å². The molecule has 0 aliphatic heterocycles. The minimum atomic E-state index is -3.28. The van der Waals surface area contributed by atoms with E-state index in [1.807, 2.05) is 48.9 Å². The first kappa shape index (κ1) is 19.8. The summed E-state index contributed by atoms with van der Waals surface area (Å²) in [5.41, 5.74) is 4.85. The zero-order valence-corrected chi connectivity index (χ0v) is 17.2. The molecule has 0 spiro atoms. The Labute approximate surface area is 165 Å². The lowest BCUT2D eigenvalue weighted by Crippen LogP contribution is -2.16. The van der Waals surface area contributed by atoms with Crippen LogP contribution >= 0.6 is 0 Å². The van der Waals surface area contributed by atoms with Crippen molar-refractivity contribution in [3.63, 3.8) is 0 Å². The van der Waals surface area contributed by atoms with Crippen molar-refractivity contribution in [2.75, 3.05) is 11.6 Å². The van der Waals surface area contributed by atoms with E-state index in [0.29, 0.717) is 11.3 Å². The Hall–Kier alpha value is -2.93. The summed E-state index contributed by atoms with van der Waals surface area (Å²) in [6.07, 6.45) is 1.35. The van der Waals surface area contributed by atoms with Gasteiger partial charge in [0.15, 0.2) is 9.84 Å². The molecule has 0 fully saturated rings. The average molecular weight is 398 g/mol. The molecule has 146 valence electrons. The van der Waals surface area contributed by atoms with Crippen molar-refractivity contribution in [2.45, 2.75) is 32.1 Å². The van der Waals surface area contributed by atoms with Crippen molar-refractivity contribution < 1.29 is 13.2 Å². The van der Waals surface area contributed by atoms with Gasteiger partial charge in [-0.15, -0.1) is 0 Å². The molecule has 0 atom stereocenters. The van der Waals surface area contributed by atoms with Gasteiger partial charge in [0.2, 0.25) is 5.91 Å².